The van der Waals surface area contributed by atoms with Gasteiger partial charge < -0.3 is 5.11 Å². The van der Waals surface area contributed by atoms with Crippen LogP contribution in [0.25, 0.3) is 0 Å². The van der Waals surface area contributed by atoms with Crippen LogP contribution in [0.3, 0.4) is 0 Å². The van der Waals surface area contributed by atoms with E-state index in [2.05, 4.69) is 10.3 Å². The molecule has 2 rings (SSSR count). The first-order valence-electron chi connectivity index (χ1n) is 6.64. The Kier molecular flexibility index (Phi) is 4.45. The van der Waals surface area contributed by atoms with E-state index in [0.29, 0.717) is 13.0 Å². The Morgan fingerprint density at radius 3 is 2.75 bits per heavy atom. The molecule has 0 bridgehead atoms. The summed E-state index contributed by atoms with van der Waals surface area (Å²) in [5, 5.41) is 18.4. The molecule has 0 radical (unpaired) electrons. The molecule has 0 saturated carbocycles. The molecule has 0 atom stereocenters. The molecule has 1 heterocycles. The Hall–Kier alpha value is -1.39. The van der Waals surface area contributed by atoms with Gasteiger partial charge in [-0.3, -0.25) is 0 Å². The Bertz CT molecular complexity index is 593. The molecule has 0 fully saturated rings. The summed E-state index contributed by atoms with van der Waals surface area (Å²) in [6.45, 7) is 6.87. The summed E-state index contributed by atoms with van der Waals surface area (Å²) < 4.78 is 1.82. The molecule has 0 aliphatic rings. The summed E-state index contributed by atoms with van der Waals surface area (Å²) in [4.78, 5) is 0. The van der Waals surface area contributed by atoms with Crippen molar-refractivity contribution in [1.82, 2.24) is 15.0 Å². The van der Waals surface area contributed by atoms with Crippen molar-refractivity contribution in [3.05, 3.63) is 46.2 Å². The van der Waals surface area contributed by atoms with Crippen molar-refractivity contribution in [3.63, 3.8) is 0 Å². The van der Waals surface area contributed by atoms with Crippen molar-refractivity contribution in [2.45, 2.75) is 33.7 Å². The SMILES string of the molecule is Cc1cc(Cl)ccc1Cn1cc(CC(C)(C)CO)nn1. The maximum absolute atomic E-state index is 9.29. The zero-order valence-electron chi connectivity index (χ0n) is 12.1. The van der Waals surface area contributed by atoms with Gasteiger partial charge in [0.05, 0.1) is 12.2 Å². The van der Waals surface area contributed by atoms with Crippen LogP contribution >= 0.6 is 11.6 Å². The molecule has 20 heavy (non-hydrogen) atoms. The van der Waals surface area contributed by atoms with E-state index >= 15 is 0 Å². The first-order chi connectivity index (χ1) is 9.39. The van der Waals surface area contributed by atoms with E-state index in [-0.39, 0.29) is 12.0 Å². The zero-order chi connectivity index (χ0) is 14.8. The van der Waals surface area contributed by atoms with Gasteiger partial charge in [0, 0.05) is 24.2 Å². The largest absolute Gasteiger partial charge is 0.396 e. The smallest absolute Gasteiger partial charge is 0.0833 e. The number of hydrogen-bond donors (Lipinski definition) is 1. The minimum Gasteiger partial charge on any atom is -0.396 e. The Balaban J connectivity index is 2.10. The molecule has 108 valence electrons. The van der Waals surface area contributed by atoms with Crippen LogP contribution in [0, 0.1) is 12.3 Å². The first-order valence-corrected chi connectivity index (χ1v) is 7.02. The molecule has 5 heteroatoms. The van der Waals surface area contributed by atoms with E-state index in [1.165, 1.54) is 5.56 Å². The lowest BCUT2D eigenvalue weighted by Crippen LogP contribution is -2.19. The third-order valence-electron chi connectivity index (χ3n) is 3.31. The van der Waals surface area contributed by atoms with Gasteiger partial charge >= 0.3 is 0 Å². The Labute approximate surface area is 124 Å². The average molecular weight is 294 g/mol. The van der Waals surface area contributed by atoms with Gasteiger partial charge in [-0.05, 0) is 35.6 Å². The fourth-order valence-electron chi connectivity index (χ4n) is 2.05. The molecule has 0 unspecified atom stereocenters. The summed E-state index contributed by atoms with van der Waals surface area (Å²) >= 11 is 5.95. The average Bonchev–Trinajstić information content (AvgIpc) is 2.79. The minimum absolute atomic E-state index is 0.135. The van der Waals surface area contributed by atoms with Crippen LogP contribution in [0.5, 0.6) is 0 Å². The molecule has 0 saturated heterocycles. The molecular formula is C15H20ClN3O. The summed E-state index contributed by atoms with van der Waals surface area (Å²) in [5.74, 6) is 0. The summed E-state index contributed by atoms with van der Waals surface area (Å²) in [6, 6.07) is 5.84. The van der Waals surface area contributed by atoms with Crippen molar-refractivity contribution in [2.24, 2.45) is 5.41 Å². The van der Waals surface area contributed by atoms with Crippen LogP contribution in [-0.4, -0.2) is 26.7 Å². The number of aliphatic hydroxyl groups excluding tert-OH is 1. The quantitative estimate of drug-likeness (QED) is 0.922. The number of aliphatic hydroxyl groups is 1. The van der Waals surface area contributed by atoms with E-state index in [1.807, 2.05) is 49.8 Å². The summed E-state index contributed by atoms with van der Waals surface area (Å²) in [6.07, 6.45) is 2.65. The third kappa shape index (κ3) is 3.81. The number of aryl methyl sites for hydroxylation is 1. The number of rotatable bonds is 5. The van der Waals surface area contributed by atoms with Gasteiger partial charge in [-0.25, -0.2) is 4.68 Å². The topological polar surface area (TPSA) is 50.9 Å². The normalized spacial score (nSPS) is 11.8. The van der Waals surface area contributed by atoms with E-state index in [0.717, 1.165) is 16.3 Å². The number of hydrogen-bond acceptors (Lipinski definition) is 3. The summed E-state index contributed by atoms with van der Waals surface area (Å²) in [7, 11) is 0. The maximum Gasteiger partial charge on any atom is 0.0833 e. The highest BCUT2D eigenvalue weighted by atomic mass is 35.5. The fourth-order valence-corrected chi connectivity index (χ4v) is 2.28. The van der Waals surface area contributed by atoms with Gasteiger partial charge in [0.25, 0.3) is 0 Å². The van der Waals surface area contributed by atoms with Crippen LogP contribution in [-0.2, 0) is 13.0 Å². The molecule has 1 aromatic carbocycles. The lowest BCUT2D eigenvalue weighted by molar-refractivity contribution is 0.158. The van der Waals surface area contributed by atoms with Gasteiger partial charge in [0.1, 0.15) is 0 Å². The molecule has 0 spiro atoms. The van der Waals surface area contributed by atoms with Crippen molar-refractivity contribution >= 4 is 11.6 Å². The predicted molar refractivity (Wildman–Crippen MR) is 79.9 cm³/mol. The second kappa shape index (κ2) is 5.94. The predicted octanol–water partition coefficient (Wildman–Crippen LogP) is 2.85. The van der Waals surface area contributed by atoms with Crippen molar-refractivity contribution in [3.8, 4) is 0 Å². The molecular weight excluding hydrogens is 274 g/mol. The van der Waals surface area contributed by atoms with Crippen LogP contribution in [0.4, 0.5) is 0 Å². The molecule has 1 N–H and O–H groups in total. The van der Waals surface area contributed by atoms with Crippen molar-refractivity contribution in [2.75, 3.05) is 6.61 Å². The number of aromatic nitrogens is 3. The zero-order valence-corrected chi connectivity index (χ0v) is 12.9. The summed E-state index contributed by atoms with van der Waals surface area (Å²) in [5.41, 5.74) is 3.05. The second-order valence-electron chi connectivity index (χ2n) is 5.98. The van der Waals surface area contributed by atoms with Gasteiger partial charge in [-0.1, -0.05) is 36.7 Å². The van der Waals surface area contributed by atoms with Crippen molar-refractivity contribution in [1.29, 1.82) is 0 Å². The number of nitrogens with zero attached hydrogens (tertiary/aromatic N) is 3. The molecule has 2 aromatic rings. The van der Waals surface area contributed by atoms with Crippen LogP contribution in [0.1, 0.15) is 30.7 Å². The minimum atomic E-state index is -0.170. The maximum atomic E-state index is 9.29. The molecule has 0 aliphatic heterocycles. The van der Waals surface area contributed by atoms with Gasteiger partial charge in [-0.2, -0.15) is 0 Å². The third-order valence-corrected chi connectivity index (χ3v) is 3.55. The van der Waals surface area contributed by atoms with E-state index in [9.17, 15) is 5.11 Å². The standard InChI is InChI=1S/C15H20ClN3O/c1-11-6-13(16)5-4-12(11)8-19-9-14(17-18-19)7-15(2,3)10-20/h4-6,9,20H,7-8,10H2,1-3H3. The molecule has 1 aromatic heterocycles. The first kappa shape index (κ1) is 15.0. The second-order valence-corrected chi connectivity index (χ2v) is 6.41. The Morgan fingerprint density at radius 2 is 2.10 bits per heavy atom. The highest BCUT2D eigenvalue weighted by Gasteiger charge is 2.19. The Morgan fingerprint density at radius 1 is 1.35 bits per heavy atom. The van der Waals surface area contributed by atoms with E-state index in [4.69, 9.17) is 11.6 Å². The van der Waals surface area contributed by atoms with Crippen LogP contribution < -0.4 is 0 Å². The number of benzene rings is 1. The molecule has 0 aliphatic carbocycles. The van der Waals surface area contributed by atoms with Crippen LogP contribution in [0.2, 0.25) is 5.02 Å². The van der Waals surface area contributed by atoms with Gasteiger partial charge in [-0.15, -0.1) is 5.10 Å². The van der Waals surface area contributed by atoms with Crippen LogP contribution in [0.15, 0.2) is 24.4 Å². The van der Waals surface area contributed by atoms with Gasteiger partial charge in [0.15, 0.2) is 0 Å². The molecule has 4 nitrogen and oxygen atoms in total. The highest BCUT2D eigenvalue weighted by molar-refractivity contribution is 6.30. The lowest BCUT2D eigenvalue weighted by Gasteiger charge is -2.19. The fraction of sp³-hybridized carbons (Fsp3) is 0.467. The van der Waals surface area contributed by atoms with Gasteiger partial charge in [0.2, 0.25) is 0 Å². The monoisotopic (exact) mass is 293 g/mol. The number of halogens is 1. The molecule has 0 amide bonds. The van der Waals surface area contributed by atoms with Crippen molar-refractivity contribution < 1.29 is 5.11 Å². The lowest BCUT2D eigenvalue weighted by atomic mass is 9.89. The van der Waals surface area contributed by atoms with E-state index in [1.54, 1.807) is 0 Å². The van der Waals surface area contributed by atoms with E-state index < -0.39 is 0 Å². The highest BCUT2D eigenvalue weighted by Crippen LogP contribution is 2.20.